The highest BCUT2D eigenvalue weighted by Gasteiger charge is 2.03. The summed E-state index contributed by atoms with van der Waals surface area (Å²) in [4.78, 5) is 11.3. The lowest BCUT2D eigenvalue weighted by atomic mass is 10.1. The predicted octanol–water partition coefficient (Wildman–Crippen LogP) is 3.89. The fourth-order valence-corrected chi connectivity index (χ4v) is 1.81. The number of Topliss-reactive ketones (excluding diaryl/α,β-unsaturated/α-hetero) is 1. The predicted molar refractivity (Wildman–Crippen MR) is 62.3 cm³/mol. The van der Waals surface area contributed by atoms with Gasteiger partial charge in [0.15, 0.2) is 0 Å². The summed E-state index contributed by atoms with van der Waals surface area (Å²) in [7, 11) is 0. The Morgan fingerprint density at radius 3 is 2.73 bits per heavy atom. The van der Waals surface area contributed by atoms with E-state index in [0.29, 0.717) is 23.7 Å². The van der Waals surface area contributed by atoms with Gasteiger partial charge in [0, 0.05) is 12.8 Å². The molecule has 1 rings (SSSR count). The highest BCUT2D eigenvalue weighted by atomic mass is 79.9. The summed E-state index contributed by atoms with van der Waals surface area (Å²) < 4.78 is 13.4. The molecule has 1 aromatic rings. The first-order valence-corrected chi connectivity index (χ1v) is 5.88. The second kappa shape index (κ2) is 6.01. The Hall–Kier alpha value is -0.700. The van der Waals surface area contributed by atoms with Gasteiger partial charge in [0.1, 0.15) is 11.6 Å². The van der Waals surface area contributed by atoms with Crippen molar-refractivity contribution in [1.82, 2.24) is 0 Å². The lowest BCUT2D eigenvalue weighted by molar-refractivity contribution is -0.119. The minimum Gasteiger partial charge on any atom is -0.300 e. The van der Waals surface area contributed by atoms with Gasteiger partial charge in [0.25, 0.3) is 0 Å². The highest BCUT2D eigenvalue weighted by Crippen LogP contribution is 2.17. The molecule has 0 atom stereocenters. The monoisotopic (exact) mass is 272 g/mol. The summed E-state index contributed by atoms with van der Waals surface area (Å²) in [6, 6.07) is 4.87. The Morgan fingerprint density at radius 2 is 2.13 bits per heavy atom. The molecule has 0 aliphatic carbocycles. The third-order valence-electron chi connectivity index (χ3n) is 2.21. The van der Waals surface area contributed by atoms with Crippen LogP contribution in [-0.2, 0) is 11.2 Å². The molecule has 0 spiro atoms. The van der Waals surface area contributed by atoms with Crippen LogP contribution in [0, 0.1) is 5.82 Å². The lowest BCUT2D eigenvalue weighted by Crippen LogP contribution is -1.99. The zero-order valence-corrected chi connectivity index (χ0v) is 10.3. The maximum Gasteiger partial charge on any atom is 0.137 e. The van der Waals surface area contributed by atoms with Gasteiger partial charge in [-0.15, -0.1) is 0 Å². The summed E-state index contributed by atoms with van der Waals surface area (Å²) in [6.07, 6.45) is 2.78. The first kappa shape index (κ1) is 12.4. The van der Waals surface area contributed by atoms with Crippen LogP contribution in [0.2, 0.25) is 0 Å². The van der Waals surface area contributed by atoms with Crippen LogP contribution < -0.4 is 0 Å². The lowest BCUT2D eigenvalue weighted by Gasteiger charge is -2.02. The molecule has 0 saturated heterocycles. The van der Waals surface area contributed by atoms with Crippen LogP contribution in [-0.4, -0.2) is 5.78 Å². The number of hydrogen-bond acceptors (Lipinski definition) is 1. The van der Waals surface area contributed by atoms with Gasteiger partial charge in [-0.05, 0) is 46.5 Å². The molecular weight excluding hydrogens is 259 g/mol. The van der Waals surface area contributed by atoms with Crippen molar-refractivity contribution in [3.05, 3.63) is 34.1 Å². The minimum absolute atomic E-state index is 0.265. The van der Waals surface area contributed by atoms with E-state index in [1.807, 2.05) is 6.92 Å². The number of halogens is 2. The van der Waals surface area contributed by atoms with Gasteiger partial charge in [0.05, 0.1) is 4.47 Å². The molecule has 0 heterocycles. The SMILES string of the molecule is CCCC(=O)CCc1ccc(F)c(Br)c1. The fraction of sp³-hybridized carbons (Fsp3) is 0.417. The molecule has 0 aliphatic heterocycles. The second-order valence-corrected chi connectivity index (χ2v) is 4.39. The van der Waals surface area contributed by atoms with E-state index in [4.69, 9.17) is 0 Å². The number of ketones is 1. The summed E-state index contributed by atoms with van der Waals surface area (Å²) in [5.74, 6) is 0.0107. The molecule has 15 heavy (non-hydrogen) atoms. The van der Waals surface area contributed by atoms with Gasteiger partial charge < -0.3 is 0 Å². The highest BCUT2D eigenvalue weighted by molar-refractivity contribution is 9.10. The van der Waals surface area contributed by atoms with Crippen molar-refractivity contribution in [2.45, 2.75) is 32.6 Å². The van der Waals surface area contributed by atoms with Crippen LogP contribution in [0.4, 0.5) is 4.39 Å². The molecule has 1 aromatic carbocycles. The molecule has 0 N–H and O–H groups in total. The van der Waals surface area contributed by atoms with Crippen LogP contribution in [0.15, 0.2) is 22.7 Å². The van der Waals surface area contributed by atoms with Crippen molar-refractivity contribution in [2.24, 2.45) is 0 Å². The molecule has 0 aromatic heterocycles. The second-order valence-electron chi connectivity index (χ2n) is 3.54. The zero-order valence-electron chi connectivity index (χ0n) is 8.72. The van der Waals surface area contributed by atoms with E-state index in [1.165, 1.54) is 6.07 Å². The molecule has 0 unspecified atom stereocenters. The van der Waals surface area contributed by atoms with Crippen molar-refractivity contribution in [3.8, 4) is 0 Å². The van der Waals surface area contributed by atoms with Crippen molar-refractivity contribution in [2.75, 3.05) is 0 Å². The van der Waals surface area contributed by atoms with Crippen LogP contribution in [0.3, 0.4) is 0 Å². The maximum atomic E-state index is 12.9. The molecule has 0 saturated carbocycles. The van der Waals surface area contributed by atoms with Crippen molar-refractivity contribution in [3.63, 3.8) is 0 Å². The Bertz CT molecular complexity index is 349. The normalized spacial score (nSPS) is 10.3. The quantitative estimate of drug-likeness (QED) is 0.795. The van der Waals surface area contributed by atoms with Gasteiger partial charge in [-0.2, -0.15) is 0 Å². The smallest absolute Gasteiger partial charge is 0.137 e. The topological polar surface area (TPSA) is 17.1 Å². The largest absolute Gasteiger partial charge is 0.300 e. The number of carbonyl (C=O) groups excluding carboxylic acids is 1. The number of benzene rings is 1. The van der Waals surface area contributed by atoms with E-state index >= 15 is 0 Å². The zero-order chi connectivity index (χ0) is 11.3. The average molecular weight is 273 g/mol. The first-order valence-electron chi connectivity index (χ1n) is 5.09. The number of rotatable bonds is 5. The molecule has 0 fully saturated rings. The minimum atomic E-state index is -0.265. The third-order valence-corrected chi connectivity index (χ3v) is 2.81. The van der Waals surface area contributed by atoms with E-state index in [1.54, 1.807) is 12.1 Å². The van der Waals surface area contributed by atoms with Gasteiger partial charge in [-0.1, -0.05) is 13.0 Å². The standard InChI is InChI=1S/C12H14BrFO/c1-2-3-10(15)6-4-9-5-7-12(14)11(13)8-9/h5,7-8H,2-4,6H2,1H3. The van der Waals surface area contributed by atoms with Crippen LogP contribution >= 0.6 is 15.9 Å². The number of aryl methyl sites for hydroxylation is 1. The van der Waals surface area contributed by atoms with Crippen molar-refractivity contribution < 1.29 is 9.18 Å². The van der Waals surface area contributed by atoms with E-state index < -0.39 is 0 Å². The molecule has 82 valence electrons. The van der Waals surface area contributed by atoms with E-state index in [9.17, 15) is 9.18 Å². The van der Waals surface area contributed by atoms with Gasteiger partial charge in [-0.3, -0.25) is 4.79 Å². The molecule has 3 heteroatoms. The Kier molecular flexibility index (Phi) is 4.95. The molecule has 1 nitrogen and oxygen atoms in total. The number of carbonyl (C=O) groups is 1. The molecule has 0 bridgehead atoms. The molecule has 0 radical (unpaired) electrons. The third kappa shape index (κ3) is 4.12. The first-order chi connectivity index (χ1) is 7.13. The van der Waals surface area contributed by atoms with Crippen molar-refractivity contribution in [1.29, 1.82) is 0 Å². The number of hydrogen-bond donors (Lipinski definition) is 0. The van der Waals surface area contributed by atoms with Gasteiger partial charge in [0.2, 0.25) is 0 Å². The van der Waals surface area contributed by atoms with Gasteiger partial charge in [-0.25, -0.2) is 4.39 Å². The molecular formula is C12H14BrFO. The van der Waals surface area contributed by atoms with E-state index in [2.05, 4.69) is 15.9 Å². The summed E-state index contributed by atoms with van der Waals surface area (Å²) in [5.41, 5.74) is 0.993. The van der Waals surface area contributed by atoms with Crippen molar-refractivity contribution >= 4 is 21.7 Å². The maximum absolute atomic E-state index is 12.9. The van der Waals surface area contributed by atoms with Gasteiger partial charge >= 0.3 is 0 Å². The fourth-order valence-electron chi connectivity index (χ4n) is 1.38. The summed E-state index contributed by atoms with van der Waals surface area (Å²) >= 11 is 3.12. The van der Waals surface area contributed by atoms with Crippen LogP contribution in [0.5, 0.6) is 0 Å². The molecule has 0 amide bonds. The van der Waals surface area contributed by atoms with Crippen LogP contribution in [0.25, 0.3) is 0 Å². The summed E-state index contributed by atoms with van der Waals surface area (Å²) in [6.45, 7) is 1.99. The summed E-state index contributed by atoms with van der Waals surface area (Å²) in [5, 5.41) is 0. The van der Waals surface area contributed by atoms with Crippen LogP contribution in [0.1, 0.15) is 31.7 Å². The Balaban J connectivity index is 2.51. The average Bonchev–Trinajstić information content (AvgIpc) is 2.20. The Labute approximate surface area is 97.8 Å². The molecule has 0 aliphatic rings. The van der Waals surface area contributed by atoms with E-state index in [0.717, 1.165) is 12.0 Å². The van der Waals surface area contributed by atoms with E-state index in [-0.39, 0.29) is 11.6 Å². The Morgan fingerprint density at radius 1 is 1.40 bits per heavy atom.